The fraction of sp³-hybridized carbons (Fsp3) is 0.467. The third-order valence-corrected chi connectivity index (χ3v) is 3.74. The van der Waals surface area contributed by atoms with Crippen LogP contribution in [0.3, 0.4) is 0 Å². The van der Waals surface area contributed by atoms with Crippen LogP contribution in [-0.2, 0) is 14.3 Å². The van der Waals surface area contributed by atoms with Crippen molar-refractivity contribution < 1.29 is 23.1 Å². The molecule has 22 heavy (non-hydrogen) atoms. The van der Waals surface area contributed by atoms with Crippen molar-refractivity contribution in [3.63, 3.8) is 0 Å². The van der Waals surface area contributed by atoms with E-state index in [1.54, 1.807) is 13.8 Å². The number of hydrogen-bond donors (Lipinski definition) is 1. The Morgan fingerprint density at radius 1 is 1.36 bits per heavy atom. The summed E-state index contributed by atoms with van der Waals surface area (Å²) in [5, 5.41) is 2.88. The summed E-state index contributed by atoms with van der Waals surface area (Å²) in [5.41, 5.74) is 0.429. The van der Waals surface area contributed by atoms with E-state index in [4.69, 9.17) is 4.74 Å². The van der Waals surface area contributed by atoms with Crippen molar-refractivity contribution in [2.75, 3.05) is 17.3 Å². The van der Waals surface area contributed by atoms with E-state index in [2.05, 4.69) is 5.32 Å². The summed E-state index contributed by atoms with van der Waals surface area (Å²) < 4.78 is 31.8. The molecule has 1 aromatic rings. The highest BCUT2D eigenvalue weighted by Gasteiger charge is 2.39. The lowest BCUT2D eigenvalue weighted by atomic mass is 10.0. The molecule has 2 unspecified atom stereocenters. The summed E-state index contributed by atoms with van der Waals surface area (Å²) in [6.07, 6.45) is 0.749. The summed E-state index contributed by atoms with van der Waals surface area (Å²) >= 11 is 0. The first-order valence-electron chi connectivity index (χ1n) is 7.11. The monoisotopic (exact) mass is 312 g/mol. The zero-order valence-corrected chi connectivity index (χ0v) is 12.7. The Labute approximate surface area is 127 Å². The first kappa shape index (κ1) is 16.2. The van der Waals surface area contributed by atoms with Gasteiger partial charge in [-0.25, -0.2) is 13.6 Å². The molecule has 1 aliphatic rings. The highest BCUT2D eigenvalue weighted by atomic mass is 19.2. The number of amides is 1. The van der Waals surface area contributed by atoms with Gasteiger partial charge in [-0.3, -0.25) is 9.69 Å². The lowest BCUT2D eigenvalue weighted by Crippen LogP contribution is -2.54. The Kier molecular flexibility index (Phi) is 4.63. The molecular weight excluding hydrogens is 294 g/mol. The lowest BCUT2D eigenvalue weighted by molar-refractivity contribution is -0.143. The number of carbonyl (C=O) groups is 2. The molecule has 1 aromatic carbocycles. The Morgan fingerprint density at radius 3 is 2.55 bits per heavy atom. The normalized spacial score (nSPS) is 18.5. The first-order valence-corrected chi connectivity index (χ1v) is 7.11. The molecule has 1 N–H and O–H groups in total. The zero-order chi connectivity index (χ0) is 16.4. The van der Waals surface area contributed by atoms with Gasteiger partial charge in [0, 0.05) is 12.1 Å². The van der Waals surface area contributed by atoms with Crippen molar-refractivity contribution in [2.24, 2.45) is 0 Å². The molecule has 2 rings (SSSR count). The van der Waals surface area contributed by atoms with Crippen LogP contribution in [0.15, 0.2) is 12.1 Å². The molecule has 120 valence electrons. The van der Waals surface area contributed by atoms with E-state index in [1.165, 1.54) is 12.0 Å². The fourth-order valence-electron chi connectivity index (χ4n) is 2.58. The number of fused-ring (bicyclic) bond motifs is 1. The van der Waals surface area contributed by atoms with E-state index in [1.807, 2.05) is 0 Å². The standard InChI is InChI=1S/C15H18F2N2O3/c1-4-10-14(20)19(12(5-2)15(21)22-3)13-7-9(17)8(16)6-11(13)18-10/h6-7,10,12,18H,4-5H2,1-3H3. The second-order valence-corrected chi connectivity index (χ2v) is 5.04. The number of ether oxygens (including phenoxy) is 1. The molecule has 1 amide bonds. The summed E-state index contributed by atoms with van der Waals surface area (Å²) in [5.74, 6) is -3.05. The zero-order valence-electron chi connectivity index (χ0n) is 12.7. The number of esters is 1. The van der Waals surface area contributed by atoms with Crippen LogP contribution in [0.25, 0.3) is 0 Å². The number of rotatable bonds is 4. The number of nitrogens with zero attached hydrogens (tertiary/aromatic N) is 1. The second kappa shape index (κ2) is 6.29. The lowest BCUT2D eigenvalue weighted by Gasteiger charge is -2.38. The van der Waals surface area contributed by atoms with Crippen molar-refractivity contribution >= 4 is 23.3 Å². The molecule has 1 heterocycles. The van der Waals surface area contributed by atoms with Gasteiger partial charge in [0.15, 0.2) is 11.6 Å². The molecular formula is C15H18F2N2O3. The molecule has 2 atom stereocenters. The Balaban J connectivity index is 2.58. The van der Waals surface area contributed by atoms with E-state index in [0.717, 1.165) is 12.1 Å². The predicted molar refractivity (Wildman–Crippen MR) is 77.6 cm³/mol. The van der Waals surface area contributed by atoms with Gasteiger partial charge in [-0.05, 0) is 12.8 Å². The van der Waals surface area contributed by atoms with Gasteiger partial charge in [-0.15, -0.1) is 0 Å². The number of methoxy groups -OCH3 is 1. The maximum absolute atomic E-state index is 13.6. The van der Waals surface area contributed by atoms with Crippen LogP contribution in [0, 0.1) is 11.6 Å². The molecule has 5 nitrogen and oxygen atoms in total. The molecule has 0 saturated heterocycles. The van der Waals surface area contributed by atoms with Crippen molar-refractivity contribution in [2.45, 2.75) is 38.8 Å². The van der Waals surface area contributed by atoms with E-state index < -0.39 is 29.7 Å². The highest BCUT2D eigenvalue weighted by Crippen LogP contribution is 2.36. The predicted octanol–water partition coefficient (Wildman–Crippen LogP) is 2.45. The molecule has 7 heteroatoms. The minimum Gasteiger partial charge on any atom is -0.467 e. The molecule has 0 fully saturated rings. The van der Waals surface area contributed by atoms with Crippen LogP contribution in [0.2, 0.25) is 0 Å². The van der Waals surface area contributed by atoms with E-state index >= 15 is 0 Å². The van der Waals surface area contributed by atoms with Crippen LogP contribution in [0.5, 0.6) is 0 Å². The molecule has 0 bridgehead atoms. The van der Waals surface area contributed by atoms with Crippen LogP contribution in [0.1, 0.15) is 26.7 Å². The number of nitrogens with one attached hydrogen (secondary N) is 1. The van der Waals surface area contributed by atoms with Gasteiger partial charge in [0.1, 0.15) is 12.1 Å². The fourth-order valence-corrected chi connectivity index (χ4v) is 2.58. The Morgan fingerprint density at radius 2 is 2.00 bits per heavy atom. The van der Waals surface area contributed by atoms with Gasteiger partial charge in [-0.1, -0.05) is 13.8 Å². The van der Waals surface area contributed by atoms with E-state index in [-0.39, 0.29) is 17.3 Å². The van der Waals surface area contributed by atoms with Crippen LogP contribution < -0.4 is 10.2 Å². The molecule has 0 spiro atoms. The Bertz CT molecular complexity index is 607. The Hall–Kier alpha value is -2.18. The van der Waals surface area contributed by atoms with Gasteiger partial charge in [-0.2, -0.15) is 0 Å². The van der Waals surface area contributed by atoms with Gasteiger partial charge < -0.3 is 10.1 Å². The maximum atomic E-state index is 13.6. The summed E-state index contributed by atoms with van der Waals surface area (Å²) in [7, 11) is 1.22. The van der Waals surface area contributed by atoms with Gasteiger partial charge in [0.2, 0.25) is 5.91 Å². The van der Waals surface area contributed by atoms with Gasteiger partial charge in [0.25, 0.3) is 0 Å². The third kappa shape index (κ3) is 2.63. The largest absolute Gasteiger partial charge is 0.467 e. The number of anilines is 2. The quantitative estimate of drug-likeness (QED) is 0.868. The molecule has 0 saturated carbocycles. The van der Waals surface area contributed by atoms with Crippen LogP contribution >= 0.6 is 0 Å². The number of hydrogen-bond acceptors (Lipinski definition) is 4. The van der Waals surface area contributed by atoms with Crippen molar-refractivity contribution in [1.29, 1.82) is 0 Å². The van der Waals surface area contributed by atoms with Gasteiger partial charge in [0.05, 0.1) is 18.5 Å². The average Bonchev–Trinajstić information content (AvgIpc) is 2.51. The number of carbonyl (C=O) groups excluding carboxylic acids is 2. The number of benzene rings is 1. The molecule has 0 aromatic heterocycles. The summed E-state index contributed by atoms with van der Waals surface area (Å²) in [6, 6.07) is 0.442. The molecule has 0 aliphatic carbocycles. The SMILES string of the molecule is CCC1Nc2cc(F)c(F)cc2N(C(CC)C(=O)OC)C1=O. The van der Waals surface area contributed by atoms with Crippen LogP contribution in [-0.4, -0.2) is 31.1 Å². The smallest absolute Gasteiger partial charge is 0.328 e. The molecule has 0 radical (unpaired) electrons. The second-order valence-electron chi connectivity index (χ2n) is 5.04. The highest BCUT2D eigenvalue weighted by molar-refractivity contribution is 6.08. The van der Waals surface area contributed by atoms with E-state index in [9.17, 15) is 18.4 Å². The summed E-state index contributed by atoms with van der Waals surface area (Å²) in [6.45, 7) is 3.51. The minimum absolute atomic E-state index is 0.144. The van der Waals surface area contributed by atoms with Crippen molar-refractivity contribution in [1.82, 2.24) is 0 Å². The van der Waals surface area contributed by atoms with Gasteiger partial charge >= 0.3 is 5.97 Å². The van der Waals surface area contributed by atoms with Crippen molar-refractivity contribution in [3.8, 4) is 0 Å². The first-order chi connectivity index (χ1) is 10.4. The summed E-state index contributed by atoms with van der Waals surface area (Å²) in [4.78, 5) is 25.7. The molecule has 1 aliphatic heterocycles. The minimum atomic E-state index is -1.08. The van der Waals surface area contributed by atoms with Crippen LogP contribution in [0.4, 0.5) is 20.2 Å². The average molecular weight is 312 g/mol. The maximum Gasteiger partial charge on any atom is 0.328 e. The topological polar surface area (TPSA) is 58.6 Å². The van der Waals surface area contributed by atoms with Crippen molar-refractivity contribution in [3.05, 3.63) is 23.8 Å². The number of halogens is 2. The third-order valence-electron chi connectivity index (χ3n) is 3.74. The van der Waals surface area contributed by atoms with E-state index in [0.29, 0.717) is 12.8 Å².